The van der Waals surface area contributed by atoms with Crippen LogP contribution >= 0.6 is 23.2 Å². The zero-order valence-electron chi connectivity index (χ0n) is 12.1. The average Bonchev–Trinajstić information content (AvgIpc) is 2.51. The average molecular weight is 337 g/mol. The van der Waals surface area contributed by atoms with E-state index in [4.69, 9.17) is 29.0 Å². The van der Waals surface area contributed by atoms with Crippen LogP contribution in [0.1, 0.15) is 11.1 Å². The lowest BCUT2D eigenvalue weighted by atomic mass is 10.2. The highest BCUT2D eigenvalue weighted by molar-refractivity contribution is 6.30. The molecule has 0 spiro atoms. The van der Waals surface area contributed by atoms with Crippen LogP contribution in [0.25, 0.3) is 0 Å². The minimum Gasteiger partial charge on any atom is -0.268 e. The molecule has 2 N–H and O–H groups in total. The van der Waals surface area contributed by atoms with Crippen LogP contribution in [0.15, 0.2) is 58.8 Å². The van der Waals surface area contributed by atoms with Crippen LogP contribution in [0, 0.1) is 0 Å². The van der Waals surface area contributed by atoms with E-state index in [2.05, 4.69) is 10.2 Å². The maximum atomic E-state index is 5.94. The van der Waals surface area contributed by atoms with Gasteiger partial charge in [0, 0.05) is 23.1 Å². The second kappa shape index (κ2) is 8.86. The molecule has 0 atom stereocenters. The molecule has 0 saturated carbocycles. The molecule has 2 aromatic carbocycles. The van der Waals surface area contributed by atoms with E-state index in [0.717, 1.165) is 21.2 Å². The molecule has 6 heteroatoms. The molecule has 0 saturated heterocycles. The van der Waals surface area contributed by atoms with Gasteiger partial charge in [0.15, 0.2) is 0 Å². The Hall–Kier alpha value is -1.46. The van der Waals surface area contributed by atoms with Crippen molar-refractivity contribution in [3.8, 4) is 0 Å². The number of benzene rings is 2. The van der Waals surface area contributed by atoms with E-state index in [0.29, 0.717) is 26.2 Å². The Morgan fingerprint density at radius 1 is 0.818 bits per heavy atom. The van der Waals surface area contributed by atoms with Crippen LogP contribution < -0.4 is 5.84 Å². The lowest BCUT2D eigenvalue weighted by molar-refractivity contribution is 0.281. The molecule has 4 nitrogen and oxygen atoms in total. The van der Waals surface area contributed by atoms with Gasteiger partial charge in [0.2, 0.25) is 0 Å². The Balaban J connectivity index is 1.68. The number of halogens is 2. The summed E-state index contributed by atoms with van der Waals surface area (Å²) in [5.41, 5.74) is 2.20. The molecule has 2 aromatic rings. The van der Waals surface area contributed by atoms with Gasteiger partial charge in [0.05, 0.1) is 13.1 Å². The van der Waals surface area contributed by atoms with Crippen LogP contribution in [-0.4, -0.2) is 18.1 Å². The second-order valence-electron chi connectivity index (χ2n) is 4.89. The topological polar surface area (TPSA) is 54.0 Å². The number of rotatable bonds is 7. The van der Waals surface area contributed by atoms with Gasteiger partial charge in [-0.25, -0.2) is 5.01 Å². The maximum absolute atomic E-state index is 5.94. The first kappa shape index (κ1) is 16.9. The summed E-state index contributed by atoms with van der Waals surface area (Å²) in [6.45, 7) is 2.42. The van der Waals surface area contributed by atoms with Gasteiger partial charge in [-0.2, -0.15) is 10.2 Å². The van der Waals surface area contributed by atoms with Gasteiger partial charge in [0.1, 0.15) is 0 Å². The van der Waals surface area contributed by atoms with E-state index >= 15 is 0 Å². The lowest BCUT2D eigenvalue weighted by Gasteiger charge is -2.14. The lowest BCUT2D eigenvalue weighted by Crippen LogP contribution is -2.32. The SMILES string of the molecule is NN(CCN=NCc1ccc(Cl)cc1)Cc1ccc(Cl)cc1. The Kier molecular flexibility index (Phi) is 6.80. The summed E-state index contributed by atoms with van der Waals surface area (Å²) in [6.07, 6.45) is 0. The van der Waals surface area contributed by atoms with Crippen LogP contribution in [0.5, 0.6) is 0 Å². The number of hydrazine groups is 1. The summed E-state index contributed by atoms with van der Waals surface area (Å²) in [7, 11) is 0. The monoisotopic (exact) mass is 336 g/mol. The summed E-state index contributed by atoms with van der Waals surface area (Å²) < 4.78 is 0. The van der Waals surface area contributed by atoms with Crippen LogP contribution in [0.4, 0.5) is 0 Å². The van der Waals surface area contributed by atoms with Crippen molar-refractivity contribution >= 4 is 23.2 Å². The molecule has 2 rings (SSSR count). The molecule has 0 heterocycles. The summed E-state index contributed by atoms with van der Waals surface area (Å²) in [5.74, 6) is 5.94. The van der Waals surface area contributed by atoms with Gasteiger partial charge < -0.3 is 0 Å². The van der Waals surface area contributed by atoms with Crippen molar-refractivity contribution in [2.75, 3.05) is 13.1 Å². The van der Waals surface area contributed by atoms with Gasteiger partial charge in [-0.3, -0.25) is 5.84 Å². The summed E-state index contributed by atoms with van der Waals surface area (Å²) in [5, 5.41) is 11.4. The van der Waals surface area contributed by atoms with E-state index in [1.807, 2.05) is 48.5 Å². The van der Waals surface area contributed by atoms with E-state index < -0.39 is 0 Å². The van der Waals surface area contributed by atoms with E-state index in [1.54, 1.807) is 5.01 Å². The maximum Gasteiger partial charge on any atom is 0.0849 e. The predicted octanol–water partition coefficient (Wildman–Crippen LogP) is 4.32. The highest BCUT2D eigenvalue weighted by Crippen LogP contribution is 2.11. The number of nitrogens with two attached hydrogens (primary N) is 1. The number of nitrogens with zero attached hydrogens (tertiary/aromatic N) is 3. The Bertz CT molecular complexity index is 597. The molecule has 0 fully saturated rings. The van der Waals surface area contributed by atoms with Gasteiger partial charge in [0.25, 0.3) is 0 Å². The molecule has 0 aliphatic carbocycles. The van der Waals surface area contributed by atoms with E-state index in [1.165, 1.54) is 0 Å². The molecule has 0 radical (unpaired) electrons. The highest BCUT2D eigenvalue weighted by atomic mass is 35.5. The Labute approximate surface area is 140 Å². The molecule has 0 bridgehead atoms. The van der Waals surface area contributed by atoms with E-state index in [9.17, 15) is 0 Å². The predicted molar refractivity (Wildman–Crippen MR) is 90.9 cm³/mol. The quantitative estimate of drug-likeness (QED) is 0.465. The van der Waals surface area contributed by atoms with Crippen molar-refractivity contribution in [1.29, 1.82) is 0 Å². The molecule has 0 aliphatic heterocycles. The summed E-state index contributed by atoms with van der Waals surface area (Å²) >= 11 is 11.7. The number of hydrogen-bond donors (Lipinski definition) is 1. The smallest absolute Gasteiger partial charge is 0.0849 e. The third-order valence-corrected chi connectivity index (χ3v) is 3.56. The van der Waals surface area contributed by atoms with Gasteiger partial charge in [-0.1, -0.05) is 47.5 Å². The first-order chi connectivity index (χ1) is 10.6. The first-order valence-electron chi connectivity index (χ1n) is 6.95. The largest absolute Gasteiger partial charge is 0.268 e. The Morgan fingerprint density at radius 2 is 1.36 bits per heavy atom. The van der Waals surface area contributed by atoms with Gasteiger partial charge >= 0.3 is 0 Å². The molecule has 22 heavy (non-hydrogen) atoms. The minimum atomic E-state index is 0.554. The third kappa shape index (κ3) is 6.12. The van der Waals surface area contributed by atoms with Crippen molar-refractivity contribution in [1.82, 2.24) is 5.01 Å². The molecule has 0 aromatic heterocycles. The van der Waals surface area contributed by atoms with Crippen molar-refractivity contribution in [3.05, 3.63) is 69.7 Å². The van der Waals surface area contributed by atoms with Crippen LogP contribution in [-0.2, 0) is 13.1 Å². The number of azo groups is 1. The van der Waals surface area contributed by atoms with Crippen molar-refractivity contribution in [3.63, 3.8) is 0 Å². The van der Waals surface area contributed by atoms with Gasteiger partial charge in [-0.05, 0) is 35.4 Å². The zero-order valence-corrected chi connectivity index (χ0v) is 13.6. The molecule has 0 aliphatic rings. The first-order valence-corrected chi connectivity index (χ1v) is 7.71. The molecule has 116 valence electrons. The summed E-state index contributed by atoms with van der Waals surface area (Å²) in [4.78, 5) is 0. The van der Waals surface area contributed by atoms with Crippen molar-refractivity contribution in [2.24, 2.45) is 16.1 Å². The summed E-state index contributed by atoms with van der Waals surface area (Å²) in [6, 6.07) is 15.2. The Morgan fingerprint density at radius 3 is 1.95 bits per heavy atom. The van der Waals surface area contributed by atoms with E-state index in [-0.39, 0.29) is 0 Å². The fraction of sp³-hybridized carbons (Fsp3) is 0.250. The van der Waals surface area contributed by atoms with Crippen molar-refractivity contribution in [2.45, 2.75) is 13.1 Å². The molecular formula is C16H18Cl2N4. The normalized spacial score (nSPS) is 11.5. The fourth-order valence-corrected chi connectivity index (χ4v) is 2.12. The highest BCUT2D eigenvalue weighted by Gasteiger charge is 2.00. The zero-order chi connectivity index (χ0) is 15.8. The standard InChI is InChI=1S/C16H18Cl2N4/c17-15-5-1-13(2-6-15)11-21-20-9-10-22(19)12-14-3-7-16(18)8-4-14/h1-8H,9-12,19H2. The second-order valence-corrected chi connectivity index (χ2v) is 5.76. The third-order valence-electron chi connectivity index (χ3n) is 3.05. The molecular weight excluding hydrogens is 319 g/mol. The van der Waals surface area contributed by atoms with Gasteiger partial charge in [-0.15, -0.1) is 0 Å². The number of hydrogen-bond acceptors (Lipinski definition) is 4. The van der Waals surface area contributed by atoms with Crippen LogP contribution in [0.2, 0.25) is 10.0 Å². The van der Waals surface area contributed by atoms with Crippen molar-refractivity contribution < 1.29 is 0 Å². The fourth-order valence-electron chi connectivity index (χ4n) is 1.87. The molecule has 0 amide bonds. The van der Waals surface area contributed by atoms with Crippen LogP contribution in [0.3, 0.4) is 0 Å². The minimum absolute atomic E-state index is 0.554. The molecule has 0 unspecified atom stereocenters.